The maximum Gasteiger partial charge on any atom is 0.249 e. The molecule has 0 saturated carbocycles. The van der Waals surface area contributed by atoms with Crippen molar-refractivity contribution in [2.45, 2.75) is 64.8 Å². The molecule has 1 saturated heterocycles. The van der Waals surface area contributed by atoms with E-state index in [9.17, 15) is 0 Å². The van der Waals surface area contributed by atoms with Crippen LogP contribution in [0.5, 0.6) is 0 Å². The van der Waals surface area contributed by atoms with E-state index in [-0.39, 0.29) is 17.4 Å². The summed E-state index contributed by atoms with van der Waals surface area (Å²) in [5, 5.41) is 8.43. The maximum absolute atomic E-state index is 5.58. The van der Waals surface area contributed by atoms with Gasteiger partial charge in [0.05, 0.1) is 0 Å². The highest BCUT2D eigenvalue weighted by atomic mass is 32.1. The average Bonchev–Trinajstić information content (AvgIpc) is 3.22. The van der Waals surface area contributed by atoms with Crippen molar-refractivity contribution < 1.29 is 9.26 Å². The van der Waals surface area contributed by atoms with Gasteiger partial charge in [-0.25, -0.2) is 4.98 Å². The highest BCUT2D eigenvalue weighted by Gasteiger charge is 2.31. The lowest BCUT2D eigenvalue weighted by molar-refractivity contribution is 0.0571. The van der Waals surface area contributed by atoms with Crippen molar-refractivity contribution in [1.82, 2.24) is 19.5 Å². The molecular weight excluding hydrogens is 338 g/mol. The Morgan fingerprint density at radius 3 is 2.44 bits per heavy atom. The summed E-state index contributed by atoms with van der Waals surface area (Å²) in [6.45, 7) is 12.0. The lowest BCUT2D eigenvalue weighted by atomic mass is 9.91. The molecule has 1 N–H and O–H groups in total. The number of hydrogen-bond acceptors (Lipinski definition) is 8. The monoisotopic (exact) mass is 365 g/mol. The standard InChI is InChI=1S/C17H27N5O2S/c1-10(2)13-19-14(24-21-13)12(11-6-8-23-9-7-11)18-16-20-15(22-25-16)17(3,4)5/h10-12H,6-9H2,1-5H3,(H,18,20,22). The highest BCUT2D eigenvalue weighted by Crippen LogP contribution is 2.34. The van der Waals surface area contributed by atoms with Gasteiger partial charge in [0.15, 0.2) is 5.82 Å². The molecule has 3 rings (SSSR count). The highest BCUT2D eigenvalue weighted by molar-refractivity contribution is 7.09. The minimum Gasteiger partial charge on any atom is -0.381 e. The number of ether oxygens (including phenoxy) is 1. The van der Waals surface area contributed by atoms with E-state index in [0.29, 0.717) is 11.8 Å². The summed E-state index contributed by atoms with van der Waals surface area (Å²) in [5.74, 6) is 2.82. The normalized spacial score (nSPS) is 17.8. The molecule has 1 unspecified atom stereocenters. The number of aromatic nitrogens is 4. The molecule has 0 radical (unpaired) electrons. The molecule has 8 heteroatoms. The van der Waals surface area contributed by atoms with Gasteiger partial charge in [-0.1, -0.05) is 39.8 Å². The van der Waals surface area contributed by atoms with Crippen LogP contribution in [0.25, 0.3) is 0 Å². The fourth-order valence-electron chi connectivity index (χ4n) is 2.76. The Morgan fingerprint density at radius 1 is 1.16 bits per heavy atom. The van der Waals surface area contributed by atoms with Gasteiger partial charge >= 0.3 is 0 Å². The third kappa shape index (κ3) is 4.36. The Morgan fingerprint density at radius 2 is 1.88 bits per heavy atom. The lowest BCUT2D eigenvalue weighted by Gasteiger charge is -2.28. The van der Waals surface area contributed by atoms with Crippen molar-refractivity contribution in [3.8, 4) is 0 Å². The second kappa shape index (κ2) is 7.37. The van der Waals surface area contributed by atoms with Gasteiger partial charge in [-0.3, -0.25) is 0 Å². The third-order valence-electron chi connectivity index (χ3n) is 4.35. The zero-order valence-corrected chi connectivity index (χ0v) is 16.4. The topological polar surface area (TPSA) is 86.0 Å². The van der Waals surface area contributed by atoms with Gasteiger partial charge in [-0.15, -0.1) is 0 Å². The summed E-state index contributed by atoms with van der Waals surface area (Å²) < 4.78 is 15.6. The van der Waals surface area contributed by atoms with Crippen LogP contribution in [-0.4, -0.2) is 32.7 Å². The Labute approximate surface area is 152 Å². The van der Waals surface area contributed by atoms with Crippen LogP contribution in [0.15, 0.2) is 4.52 Å². The Balaban J connectivity index is 1.84. The fraction of sp³-hybridized carbons (Fsp3) is 0.765. The molecule has 3 heterocycles. The van der Waals surface area contributed by atoms with Crippen LogP contribution in [0.3, 0.4) is 0 Å². The number of nitrogens with zero attached hydrogens (tertiary/aromatic N) is 4. The van der Waals surface area contributed by atoms with Gasteiger partial charge in [0.25, 0.3) is 0 Å². The summed E-state index contributed by atoms with van der Waals surface area (Å²) in [5.41, 5.74) is -0.0695. The van der Waals surface area contributed by atoms with Crippen LogP contribution in [0, 0.1) is 5.92 Å². The first-order valence-electron chi connectivity index (χ1n) is 8.86. The Bertz CT molecular complexity index is 685. The van der Waals surface area contributed by atoms with Crippen LogP contribution >= 0.6 is 11.5 Å². The predicted octanol–water partition coefficient (Wildman–Crippen LogP) is 3.92. The summed E-state index contributed by atoms with van der Waals surface area (Å²) in [6.07, 6.45) is 1.92. The molecular formula is C17H27N5O2S. The van der Waals surface area contributed by atoms with Crippen LogP contribution < -0.4 is 5.32 Å². The molecule has 25 heavy (non-hydrogen) atoms. The minimum atomic E-state index is -0.0695. The molecule has 138 valence electrons. The van der Waals surface area contributed by atoms with Gasteiger partial charge in [0, 0.05) is 36.1 Å². The van der Waals surface area contributed by atoms with Crippen molar-refractivity contribution in [1.29, 1.82) is 0 Å². The van der Waals surface area contributed by atoms with E-state index >= 15 is 0 Å². The van der Waals surface area contributed by atoms with Gasteiger partial charge in [0.2, 0.25) is 11.0 Å². The first-order valence-corrected chi connectivity index (χ1v) is 9.64. The quantitative estimate of drug-likeness (QED) is 0.859. The molecule has 1 atom stereocenters. The average molecular weight is 366 g/mol. The number of anilines is 1. The molecule has 1 fully saturated rings. The van der Waals surface area contributed by atoms with E-state index in [1.54, 1.807) is 0 Å². The molecule has 0 bridgehead atoms. The summed E-state index contributed by atoms with van der Waals surface area (Å²) in [6, 6.07) is -0.0651. The number of hydrogen-bond donors (Lipinski definition) is 1. The van der Waals surface area contributed by atoms with E-state index < -0.39 is 0 Å². The SMILES string of the molecule is CC(C)c1noc(C(Nc2nc(C(C)(C)C)ns2)C2CCOCC2)n1. The van der Waals surface area contributed by atoms with Crippen LogP contribution in [0.1, 0.15) is 77.0 Å². The molecule has 0 amide bonds. The van der Waals surface area contributed by atoms with Crippen LogP contribution in [0.4, 0.5) is 5.13 Å². The molecule has 0 spiro atoms. The molecule has 2 aromatic heterocycles. The van der Waals surface area contributed by atoms with E-state index in [1.165, 1.54) is 11.5 Å². The van der Waals surface area contributed by atoms with E-state index in [2.05, 4.69) is 59.4 Å². The molecule has 1 aliphatic heterocycles. The van der Waals surface area contributed by atoms with Crippen molar-refractivity contribution in [2.75, 3.05) is 18.5 Å². The van der Waals surface area contributed by atoms with E-state index in [4.69, 9.17) is 9.26 Å². The zero-order valence-electron chi connectivity index (χ0n) is 15.6. The maximum atomic E-state index is 5.58. The van der Waals surface area contributed by atoms with Gasteiger partial charge in [-0.05, 0) is 18.8 Å². The second-order valence-corrected chi connectivity index (χ2v) is 8.64. The molecule has 2 aromatic rings. The Hall–Kier alpha value is -1.54. The van der Waals surface area contributed by atoms with Gasteiger partial charge in [-0.2, -0.15) is 9.36 Å². The minimum absolute atomic E-state index is 0.0651. The summed E-state index contributed by atoms with van der Waals surface area (Å²) in [4.78, 5) is 9.27. The fourth-order valence-corrected chi connectivity index (χ4v) is 3.55. The Kier molecular flexibility index (Phi) is 5.38. The zero-order chi connectivity index (χ0) is 18.0. The van der Waals surface area contributed by atoms with Gasteiger partial charge in [0.1, 0.15) is 11.9 Å². The predicted molar refractivity (Wildman–Crippen MR) is 96.9 cm³/mol. The molecule has 7 nitrogen and oxygen atoms in total. The van der Waals surface area contributed by atoms with Gasteiger partial charge < -0.3 is 14.6 Å². The first-order chi connectivity index (χ1) is 11.8. The lowest BCUT2D eigenvalue weighted by Crippen LogP contribution is -2.27. The van der Waals surface area contributed by atoms with Crippen molar-refractivity contribution >= 4 is 16.7 Å². The van der Waals surface area contributed by atoms with Crippen LogP contribution in [0.2, 0.25) is 0 Å². The second-order valence-electron chi connectivity index (χ2n) is 7.89. The largest absolute Gasteiger partial charge is 0.381 e. The molecule has 0 aliphatic carbocycles. The van der Waals surface area contributed by atoms with E-state index in [0.717, 1.165) is 42.8 Å². The number of rotatable bonds is 5. The van der Waals surface area contributed by atoms with E-state index in [1.807, 2.05) is 0 Å². The first kappa shape index (κ1) is 18.3. The van der Waals surface area contributed by atoms with Crippen molar-refractivity contribution in [3.05, 3.63) is 17.5 Å². The summed E-state index contributed by atoms with van der Waals surface area (Å²) in [7, 11) is 0. The smallest absolute Gasteiger partial charge is 0.249 e. The van der Waals surface area contributed by atoms with Crippen molar-refractivity contribution in [2.24, 2.45) is 5.92 Å². The molecule has 1 aliphatic rings. The van der Waals surface area contributed by atoms with Crippen LogP contribution in [-0.2, 0) is 10.2 Å². The third-order valence-corrected chi connectivity index (χ3v) is 5.00. The number of nitrogens with one attached hydrogen (secondary N) is 1. The van der Waals surface area contributed by atoms with Crippen molar-refractivity contribution in [3.63, 3.8) is 0 Å². The molecule has 0 aromatic carbocycles. The summed E-state index contributed by atoms with van der Waals surface area (Å²) >= 11 is 1.38.